The average molecular weight is 398 g/mol. The fraction of sp³-hybridized carbons (Fsp3) is 0.381. The number of carbonyl (C=O) groups is 1. The molecular weight excluding hydrogens is 374 g/mol. The zero-order chi connectivity index (χ0) is 19.7. The molecule has 1 saturated carbocycles. The Kier molecular flexibility index (Phi) is 5.26. The van der Waals surface area contributed by atoms with Gasteiger partial charge in [0, 0.05) is 17.1 Å². The number of fused-ring (bicyclic) bond motifs is 1. The van der Waals surface area contributed by atoms with Gasteiger partial charge >= 0.3 is 5.97 Å². The number of esters is 1. The van der Waals surface area contributed by atoms with Crippen molar-refractivity contribution in [2.45, 2.75) is 37.3 Å². The lowest BCUT2D eigenvalue weighted by molar-refractivity contribution is 0.0505. The van der Waals surface area contributed by atoms with Gasteiger partial charge in [0.2, 0.25) is 0 Å². The van der Waals surface area contributed by atoms with E-state index < -0.39 is 5.97 Å². The van der Waals surface area contributed by atoms with E-state index in [2.05, 4.69) is 22.1 Å². The number of hydrogen-bond acceptors (Lipinski definition) is 6. The van der Waals surface area contributed by atoms with Crippen LogP contribution in [0.3, 0.4) is 0 Å². The number of ether oxygens (including phenoxy) is 1. The molecular formula is C21H23N3O3S. The summed E-state index contributed by atoms with van der Waals surface area (Å²) < 4.78 is 7.14. The molecule has 0 amide bonds. The standard InChI is InChI=1S/C21H23N3O3S/c1-4-10-27-20(25)16-11-22-21(28-3)23-18(16)17-12-24(26-2)19-14(13-8-9-13)6-5-7-15(17)19/h5-7,11-13H,4,8-10H2,1-3H3. The lowest BCUT2D eigenvalue weighted by atomic mass is 10.0. The number of nitrogens with zero attached hydrogens (tertiary/aromatic N) is 3. The summed E-state index contributed by atoms with van der Waals surface area (Å²) in [7, 11) is 1.65. The summed E-state index contributed by atoms with van der Waals surface area (Å²) in [5.74, 6) is 0.169. The Balaban J connectivity index is 1.92. The van der Waals surface area contributed by atoms with E-state index in [1.807, 2.05) is 25.4 Å². The lowest BCUT2D eigenvalue weighted by Gasteiger charge is -2.09. The molecule has 3 aromatic rings. The number of carbonyl (C=O) groups excluding carboxylic acids is 1. The van der Waals surface area contributed by atoms with Crippen molar-refractivity contribution in [3.8, 4) is 11.3 Å². The normalized spacial score (nSPS) is 13.7. The Morgan fingerprint density at radius 3 is 2.86 bits per heavy atom. The van der Waals surface area contributed by atoms with E-state index >= 15 is 0 Å². The van der Waals surface area contributed by atoms with Crippen LogP contribution in [0, 0.1) is 0 Å². The van der Waals surface area contributed by atoms with E-state index in [1.165, 1.54) is 30.2 Å². The van der Waals surface area contributed by atoms with E-state index in [1.54, 1.807) is 18.0 Å². The molecule has 2 heterocycles. The first-order chi connectivity index (χ1) is 13.7. The Morgan fingerprint density at radius 2 is 2.18 bits per heavy atom. The topological polar surface area (TPSA) is 66.2 Å². The van der Waals surface area contributed by atoms with Gasteiger partial charge in [-0.25, -0.2) is 14.8 Å². The molecule has 1 aromatic carbocycles. The van der Waals surface area contributed by atoms with Crippen molar-refractivity contribution in [2.75, 3.05) is 20.0 Å². The van der Waals surface area contributed by atoms with E-state index in [4.69, 9.17) is 9.57 Å². The third-order valence-electron chi connectivity index (χ3n) is 4.90. The highest BCUT2D eigenvalue weighted by Gasteiger charge is 2.29. The summed E-state index contributed by atoms with van der Waals surface area (Å²) in [6.07, 6.45) is 8.53. The Morgan fingerprint density at radius 1 is 1.36 bits per heavy atom. The number of benzene rings is 1. The largest absolute Gasteiger partial charge is 0.462 e. The molecule has 28 heavy (non-hydrogen) atoms. The zero-order valence-corrected chi connectivity index (χ0v) is 17.1. The van der Waals surface area contributed by atoms with Crippen LogP contribution in [0.2, 0.25) is 0 Å². The summed E-state index contributed by atoms with van der Waals surface area (Å²) in [6, 6.07) is 6.27. The maximum Gasteiger partial charge on any atom is 0.341 e. The van der Waals surface area contributed by atoms with Crippen LogP contribution in [0.15, 0.2) is 35.7 Å². The average Bonchev–Trinajstić information content (AvgIpc) is 3.51. The van der Waals surface area contributed by atoms with E-state index in [0.717, 1.165) is 22.9 Å². The predicted octanol–water partition coefficient (Wildman–Crippen LogP) is 4.32. The summed E-state index contributed by atoms with van der Waals surface area (Å²) in [5, 5.41) is 1.63. The van der Waals surface area contributed by atoms with Crippen LogP contribution >= 0.6 is 11.8 Å². The van der Waals surface area contributed by atoms with Gasteiger partial charge in [-0.15, -0.1) is 0 Å². The number of rotatable bonds is 7. The molecule has 7 heteroatoms. The summed E-state index contributed by atoms with van der Waals surface area (Å²) in [6.45, 7) is 2.33. The highest BCUT2D eigenvalue weighted by molar-refractivity contribution is 7.98. The maximum atomic E-state index is 12.6. The molecule has 0 aliphatic heterocycles. The summed E-state index contributed by atoms with van der Waals surface area (Å²) >= 11 is 1.44. The Bertz CT molecular complexity index is 1030. The minimum absolute atomic E-state index is 0.369. The van der Waals surface area contributed by atoms with Crippen molar-refractivity contribution in [2.24, 2.45) is 0 Å². The van der Waals surface area contributed by atoms with Gasteiger partial charge in [0.05, 0.1) is 24.0 Å². The number of para-hydroxylation sites is 1. The molecule has 4 rings (SSSR count). The quantitative estimate of drug-likeness (QED) is 0.336. The van der Waals surface area contributed by atoms with E-state index in [0.29, 0.717) is 28.9 Å². The second-order valence-corrected chi connectivity index (χ2v) is 7.60. The predicted molar refractivity (Wildman–Crippen MR) is 110 cm³/mol. The number of aromatic nitrogens is 3. The molecule has 2 aromatic heterocycles. The number of hydrogen-bond donors (Lipinski definition) is 0. The SMILES string of the molecule is CCCOC(=O)c1cnc(SC)nc1-c1cn(OC)c2c(C3CC3)cccc12. The van der Waals surface area contributed by atoms with Crippen LogP contribution in [-0.4, -0.2) is 40.6 Å². The second-order valence-electron chi connectivity index (χ2n) is 6.82. The monoisotopic (exact) mass is 397 g/mol. The van der Waals surface area contributed by atoms with Crippen molar-refractivity contribution >= 4 is 28.6 Å². The van der Waals surface area contributed by atoms with Crippen molar-refractivity contribution in [3.63, 3.8) is 0 Å². The first kappa shape index (κ1) is 18.8. The molecule has 0 spiro atoms. The molecule has 0 saturated heterocycles. The third-order valence-corrected chi connectivity index (χ3v) is 5.46. The van der Waals surface area contributed by atoms with Crippen LogP contribution in [0.25, 0.3) is 22.2 Å². The highest BCUT2D eigenvalue weighted by atomic mass is 32.2. The molecule has 0 radical (unpaired) electrons. The van der Waals surface area contributed by atoms with E-state index in [9.17, 15) is 4.79 Å². The minimum atomic E-state index is -0.402. The van der Waals surface area contributed by atoms with Crippen molar-refractivity contribution < 1.29 is 14.4 Å². The highest BCUT2D eigenvalue weighted by Crippen LogP contribution is 2.45. The van der Waals surface area contributed by atoms with Crippen LogP contribution in [0.5, 0.6) is 0 Å². The van der Waals surface area contributed by atoms with Gasteiger partial charge in [0.25, 0.3) is 0 Å². The first-order valence-electron chi connectivity index (χ1n) is 9.44. The van der Waals surface area contributed by atoms with Gasteiger partial charge in [-0.3, -0.25) is 0 Å². The molecule has 0 atom stereocenters. The summed E-state index contributed by atoms with van der Waals surface area (Å²) in [5.41, 5.74) is 4.12. The molecule has 0 bridgehead atoms. The maximum absolute atomic E-state index is 12.6. The fourth-order valence-corrected chi connectivity index (χ4v) is 3.76. The first-order valence-corrected chi connectivity index (χ1v) is 10.7. The van der Waals surface area contributed by atoms with Crippen LogP contribution in [0.4, 0.5) is 0 Å². The van der Waals surface area contributed by atoms with Gasteiger partial charge in [0.15, 0.2) is 5.16 Å². The van der Waals surface area contributed by atoms with Crippen molar-refractivity contribution in [1.82, 2.24) is 14.7 Å². The van der Waals surface area contributed by atoms with Gasteiger partial charge in [-0.1, -0.05) is 36.9 Å². The molecule has 0 unspecified atom stereocenters. The lowest BCUT2D eigenvalue weighted by Crippen LogP contribution is -2.10. The van der Waals surface area contributed by atoms with Gasteiger partial charge in [-0.05, 0) is 37.0 Å². The molecule has 1 fully saturated rings. The van der Waals surface area contributed by atoms with Gasteiger partial charge in [0.1, 0.15) is 12.7 Å². The van der Waals surface area contributed by atoms with Crippen LogP contribution in [0.1, 0.15) is 48.0 Å². The molecule has 1 aliphatic carbocycles. The minimum Gasteiger partial charge on any atom is -0.462 e. The molecule has 146 valence electrons. The van der Waals surface area contributed by atoms with Crippen LogP contribution in [-0.2, 0) is 4.74 Å². The van der Waals surface area contributed by atoms with Gasteiger partial charge < -0.3 is 9.57 Å². The second kappa shape index (κ2) is 7.83. The van der Waals surface area contributed by atoms with Crippen molar-refractivity contribution in [1.29, 1.82) is 0 Å². The Hall–Kier alpha value is -2.54. The van der Waals surface area contributed by atoms with Crippen LogP contribution < -0.4 is 4.84 Å². The Labute approximate surface area is 168 Å². The molecule has 6 nitrogen and oxygen atoms in total. The fourth-order valence-electron chi connectivity index (χ4n) is 3.42. The van der Waals surface area contributed by atoms with Gasteiger partial charge in [-0.2, -0.15) is 4.73 Å². The smallest absolute Gasteiger partial charge is 0.341 e. The summed E-state index contributed by atoms with van der Waals surface area (Å²) in [4.78, 5) is 27.2. The van der Waals surface area contributed by atoms with Crippen molar-refractivity contribution in [3.05, 3.63) is 41.7 Å². The third kappa shape index (κ3) is 3.35. The zero-order valence-electron chi connectivity index (χ0n) is 16.3. The molecule has 0 N–H and O–H groups in total. The number of thioether (sulfide) groups is 1. The molecule has 1 aliphatic rings. The van der Waals surface area contributed by atoms with E-state index in [-0.39, 0.29) is 0 Å².